The standard InChI is InChI=1S/C19H17ClN2S/c1-13-11-15(12-21-18-5-3-4-6-19(18)23)14(2)22(13)17-9-7-16(20)8-10-17/h3-12,23H,1-2H3. The molecule has 0 spiro atoms. The highest BCUT2D eigenvalue weighted by atomic mass is 35.5. The summed E-state index contributed by atoms with van der Waals surface area (Å²) < 4.78 is 2.20. The van der Waals surface area contributed by atoms with Gasteiger partial charge >= 0.3 is 0 Å². The third-order valence-electron chi connectivity index (χ3n) is 3.78. The van der Waals surface area contributed by atoms with E-state index >= 15 is 0 Å². The number of benzene rings is 2. The van der Waals surface area contributed by atoms with E-state index in [0.717, 1.165) is 38.2 Å². The Hall–Kier alpha value is -1.97. The third-order valence-corrected chi connectivity index (χ3v) is 4.41. The number of thiol groups is 1. The number of aromatic nitrogens is 1. The zero-order valence-corrected chi connectivity index (χ0v) is 14.6. The molecule has 3 rings (SSSR count). The summed E-state index contributed by atoms with van der Waals surface area (Å²) in [6.07, 6.45) is 1.89. The van der Waals surface area contributed by atoms with Crippen LogP contribution in [0.25, 0.3) is 5.69 Å². The highest BCUT2D eigenvalue weighted by molar-refractivity contribution is 7.80. The minimum atomic E-state index is 0.739. The Labute approximate surface area is 146 Å². The van der Waals surface area contributed by atoms with Gasteiger partial charge in [0.1, 0.15) is 0 Å². The van der Waals surface area contributed by atoms with E-state index in [9.17, 15) is 0 Å². The molecule has 0 amide bonds. The Kier molecular flexibility index (Phi) is 4.60. The van der Waals surface area contributed by atoms with Crippen molar-refractivity contribution >= 4 is 36.1 Å². The lowest BCUT2D eigenvalue weighted by atomic mass is 10.2. The van der Waals surface area contributed by atoms with Gasteiger partial charge < -0.3 is 4.57 Å². The maximum atomic E-state index is 5.98. The molecular formula is C19H17ClN2S. The summed E-state index contributed by atoms with van der Waals surface area (Å²) in [4.78, 5) is 5.43. The lowest BCUT2D eigenvalue weighted by molar-refractivity contribution is 0.965. The Morgan fingerprint density at radius 2 is 1.74 bits per heavy atom. The molecule has 0 bridgehead atoms. The smallest absolute Gasteiger partial charge is 0.0763 e. The summed E-state index contributed by atoms with van der Waals surface area (Å²) in [5, 5.41) is 0.739. The van der Waals surface area contributed by atoms with Gasteiger partial charge in [-0.1, -0.05) is 23.7 Å². The van der Waals surface area contributed by atoms with Crippen LogP contribution in [0.3, 0.4) is 0 Å². The quantitative estimate of drug-likeness (QED) is 0.459. The Morgan fingerprint density at radius 1 is 1.04 bits per heavy atom. The molecule has 0 aliphatic carbocycles. The van der Waals surface area contributed by atoms with Gasteiger partial charge in [-0.15, -0.1) is 12.6 Å². The van der Waals surface area contributed by atoms with Crippen molar-refractivity contribution < 1.29 is 0 Å². The van der Waals surface area contributed by atoms with Crippen LogP contribution in [0.5, 0.6) is 0 Å². The highest BCUT2D eigenvalue weighted by Gasteiger charge is 2.09. The van der Waals surface area contributed by atoms with Crippen LogP contribution < -0.4 is 0 Å². The lowest BCUT2D eigenvalue weighted by Gasteiger charge is -2.09. The topological polar surface area (TPSA) is 17.3 Å². The molecule has 0 fully saturated rings. The number of rotatable bonds is 3. The monoisotopic (exact) mass is 340 g/mol. The number of aliphatic imine (C=N–C) groups is 1. The maximum Gasteiger partial charge on any atom is 0.0763 e. The molecule has 0 saturated heterocycles. The molecule has 0 aliphatic rings. The van der Waals surface area contributed by atoms with Crippen molar-refractivity contribution in [1.82, 2.24) is 4.57 Å². The lowest BCUT2D eigenvalue weighted by Crippen LogP contribution is -1.99. The largest absolute Gasteiger partial charge is 0.318 e. The number of halogens is 1. The van der Waals surface area contributed by atoms with E-state index in [0.29, 0.717) is 0 Å². The first kappa shape index (κ1) is 15.9. The molecule has 2 aromatic carbocycles. The SMILES string of the molecule is Cc1cc(C=Nc2ccccc2S)c(C)n1-c1ccc(Cl)cc1. The molecule has 0 radical (unpaired) electrons. The van der Waals surface area contributed by atoms with Gasteiger partial charge in [0.15, 0.2) is 0 Å². The molecule has 23 heavy (non-hydrogen) atoms. The van der Waals surface area contributed by atoms with Crippen LogP contribution in [0.1, 0.15) is 17.0 Å². The van der Waals surface area contributed by atoms with Gasteiger partial charge in [0.2, 0.25) is 0 Å². The van der Waals surface area contributed by atoms with Gasteiger partial charge in [-0.2, -0.15) is 0 Å². The van der Waals surface area contributed by atoms with E-state index in [4.69, 9.17) is 11.6 Å². The van der Waals surface area contributed by atoms with Crippen molar-refractivity contribution in [2.45, 2.75) is 18.7 Å². The van der Waals surface area contributed by atoms with E-state index in [2.05, 4.69) is 42.1 Å². The molecule has 1 aromatic heterocycles. The fraction of sp³-hybridized carbons (Fsp3) is 0.105. The van der Waals surface area contributed by atoms with E-state index < -0.39 is 0 Å². The highest BCUT2D eigenvalue weighted by Crippen LogP contribution is 2.24. The molecule has 0 atom stereocenters. The maximum absolute atomic E-state index is 5.98. The van der Waals surface area contributed by atoms with Gasteiger partial charge in [-0.25, -0.2) is 0 Å². The molecule has 0 N–H and O–H groups in total. The number of hydrogen-bond donors (Lipinski definition) is 1. The first-order chi connectivity index (χ1) is 11.1. The van der Waals surface area contributed by atoms with Crippen LogP contribution in [0.15, 0.2) is 64.5 Å². The van der Waals surface area contributed by atoms with Crippen LogP contribution in [0, 0.1) is 13.8 Å². The fourth-order valence-electron chi connectivity index (χ4n) is 2.62. The number of hydrogen-bond acceptors (Lipinski definition) is 2. The summed E-state index contributed by atoms with van der Waals surface area (Å²) in [7, 11) is 0. The Balaban J connectivity index is 1.98. The number of nitrogens with zero attached hydrogens (tertiary/aromatic N) is 2. The van der Waals surface area contributed by atoms with Crippen molar-refractivity contribution in [3.05, 3.63) is 76.6 Å². The minimum Gasteiger partial charge on any atom is -0.318 e. The van der Waals surface area contributed by atoms with Gasteiger partial charge in [0, 0.05) is 38.8 Å². The summed E-state index contributed by atoms with van der Waals surface area (Å²) in [6.45, 7) is 4.18. The van der Waals surface area contributed by atoms with E-state index in [-0.39, 0.29) is 0 Å². The van der Waals surface area contributed by atoms with Gasteiger partial charge in [-0.05, 0) is 56.3 Å². The zero-order chi connectivity index (χ0) is 16.4. The van der Waals surface area contributed by atoms with Crippen LogP contribution in [-0.2, 0) is 0 Å². The average molecular weight is 341 g/mol. The van der Waals surface area contributed by atoms with Crippen molar-refractivity contribution in [2.24, 2.45) is 4.99 Å². The Morgan fingerprint density at radius 3 is 2.43 bits per heavy atom. The molecule has 0 saturated carbocycles. The van der Waals surface area contributed by atoms with Crippen molar-refractivity contribution in [2.75, 3.05) is 0 Å². The second kappa shape index (κ2) is 6.65. The summed E-state index contributed by atoms with van der Waals surface area (Å²) in [5.74, 6) is 0. The Bertz CT molecular complexity index is 864. The van der Waals surface area contributed by atoms with Gasteiger partial charge in [0.05, 0.1) is 5.69 Å². The first-order valence-corrected chi connectivity index (χ1v) is 8.16. The van der Waals surface area contributed by atoms with Gasteiger partial charge in [0.25, 0.3) is 0 Å². The normalized spacial score (nSPS) is 11.3. The second-order valence-corrected chi connectivity index (χ2v) is 6.30. The van der Waals surface area contributed by atoms with E-state index in [1.807, 2.05) is 54.7 Å². The van der Waals surface area contributed by atoms with Crippen LogP contribution >= 0.6 is 24.2 Å². The molecule has 0 aliphatic heterocycles. The van der Waals surface area contributed by atoms with Crippen LogP contribution in [0.4, 0.5) is 5.69 Å². The molecule has 4 heteroatoms. The minimum absolute atomic E-state index is 0.739. The van der Waals surface area contributed by atoms with Crippen molar-refractivity contribution in [3.8, 4) is 5.69 Å². The molecular weight excluding hydrogens is 324 g/mol. The van der Waals surface area contributed by atoms with E-state index in [1.165, 1.54) is 0 Å². The predicted molar refractivity (Wildman–Crippen MR) is 101 cm³/mol. The van der Waals surface area contributed by atoms with Crippen LogP contribution in [-0.4, -0.2) is 10.8 Å². The molecule has 116 valence electrons. The molecule has 2 nitrogen and oxygen atoms in total. The summed E-state index contributed by atoms with van der Waals surface area (Å²) >= 11 is 10.4. The van der Waals surface area contributed by atoms with Crippen LogP contribution in [0.2, 0.25) is 5.02 Å². The fourth-order valence-corrected chi connectivity index (χ4v) is 2.96. The average Bonchev–Trinajstić information content (AvgIpc) is 2.82. The molecule has 3 aromatic rings. The molecule has 0 unspecified atom stereocenters. The van der Waals surface area contributed by atoms with E-state index in [1.54, 1.807) is 0 Å². The predicted octanol–water partition coefficient (Wildman–Crippen LogP) is 5.79. The zero-order valence-electron chi connectivity index (χ0n) is 13.0. The summed E-state index contributed by atoms with van der Waals surface area (Å²) in [6, 6.07) is 17.8. The van der Waals surface area contributed by atoms with Gasteiger partial charge in [-0.3, -0.25) is 4.99 Å². The number of aryl methyl sites for hydroxylation is 1. The summed E-state index contributed by atoms with van der Waals surface area (Å²) in [5.41, 5.74) is 5.36. The van der Waals surface area contributed by atoms with Crippen molar-refractivity contribution in [3.63, 3.8) is 0 Å². The first-order valence-electron chi connectivity index (χ1n) is 7.33. The third kappa shape index (κ3) is 3.36. The van der Waals surface area contributed by atoms with Crippen molar-refractivity contribution in [1.29, 1.82) is 0 Å². The number of para-hydroxylation sites is 1. The second-order valence-electron chi connectivity index (χ2n) is 5.39. The molecule has 1 heterocycles.